The Morgan fingerprint density at radius 1 is 1.41 bits per heavy atom. The second-order valence-corrected chi connectivity index (χ2v) is 8.38. The van der Waals surface area contributed by atoms with Crippen molar-refractivity contribution in [2.24, 2.45) is 11.8 Å². The van der Waals surface area contributed by atoms with Crippen molar-refractivity contribution in [1.29, 1.82) is 0 Å². The second kappa shape index (κ2) is 7.54. The predicted octanol–water partition coefficient (Wildman–Crippen LogP) is 2.41. The number of anilines is 1. The zero-order chi connectivity index (χ0) is 20.8. The van der Waals surface area contributed by atoms with E-state index in [1.807, 2.05) is 6.07 Å². The van der Waals surface area contributed by atoms with Gasteiger partial charge < -0.3 is 25.0 Å². The van der Waals surface area contributed by atoms with Gasteiger partial charge in [-0.15, -0.1) is 0 Å². The van der Waals surface area contributed by atoms with Crippen LogP contribution in [0.1, 0.15) is 37.9 Å². The maximum Gasteiger partial charge on any atom is 0.337 e. The fourth-order valence-electron chi connectivity index (χ4n) is 5.73. The number of piperidine rings is 1. The molecule has 29 heavy (non-hydrogen) atoms. The Kier molecular flexibility index (Phi) is 5.21. The van der Waals surface area contributed by atoms with Gasteiger partial charge in [0, 0.05) is 30.4 Å². The van der Waals surface area contributed by atoms with Gasteiger partial charge >= 0.3 is 5.97 Å². The molecule has 2 saturated heterocycles. The standard InChI is InChI=1S/C22H30N2O5/c1-4-13-11-24-9-8-22(20(26)19-16(23-22)6-5-7-17(19)25)18(24)10-14(13)15(12-28-2)21(27)29-3/h5-7,12-14,18,20,23,25-26H,4,8-11H2,1-3H3/b15-12+/t13-,14+,18?,20?,22+/m1/s1. The number of fused-ring (bicyclic) bond motifs is 3. The lowest BCUT2D eigenvalue weighted by Crippen LogP contribution is -2.56. The highest BCUT2D eigenvalue weighted by Crippen LogP contribution is 2.55. The molecule has 1 aromatic carbocycles. The minimum Gasteiger partial charge on any atom is -0.507 e. The molecule has 0 radical (unpaired) electrons. The molecule has 1 aromatic rings. The van der Waals surface area contributed by atoms with Crippen LogP contribution in [0.3, 0.4) is 0 Å². The van der Waals surface area contributed by atoms with Crippen LogP contribution in [0.2, 0.25) is 0 Å². The first kappa shape index (κ1) is 20.0. The van der Waals surface area contributed by atoms with Gasteiger partial charge in [0.15, 0.2) is 0 Å². The summed E-state index contributed by atoms with van der Waals surface area (Å²) in [5, 5.41) is 25.2. The van der Waals surface area contributed by atoms with Crippen LogP contribution < -0.4 is 5.32 Å². The summed E-state index contributed by atoms with van der Waals surface area (Å²) < 4.78 is 10.2. The van der Waals surface area contributed by atoms with E-state index in [4.69, 9.17) is 9.47 Å². The number of ether oxygens (including phenoxy) is 2. The first-order valence-electron chi connectivity index (χ1n) is 10.3. The molecule has 5 atom stereocenters. The molecule has 2 unspecified atom stereocenters. The number of nitrogens with zero attached hydrogens (tertiary/aromatic N) is 1. The van der Waals surface area contributed by atoms with Crippen LogP contribution in [0.25, 0.3) is 0 Å². The first-order valence-corrected chi connectivity index (χ1v) is 10.3. The van der Waals surface area contributed by atoms with Crippen LogP contribution in [-0.4, -0.2) is 60.0 Å². The van der Waals surface area contributed by atoms with Crippen LogP contribution in [0.4, 0.5) is 5.69 Å². The number of phenols is 1. The van der Waals surface area contributed by atoms with Crippen molar-refractivity contribution in [2.45, 2.75) is 43.9 Å². The third-order valence-electron chi connectivity index (χ3n) is 7.16. The molecule has 0 bridgehead atoms. The second-order valence-electron chi connectivity index (χ2n) is 8.38. The molecule has 3 heterocycles. The van der Waals surface area contributed by atoms with E-state index in [9.17, 15) is 15.0 Å². The Labute approximate surface area is 171 Å². The van der Waals surface area contributed by atoms with Crippen molar-refractivity contribution in [3.05, 3.63) is 35.6 Å². The smallest absolute Gasteiger partial charge is 0.337 e. The molecule has 7 heteroatoms. The monoisotopic (exact) mass is 402 g/mol. The number of benzene rings is 1. The van der Waals surface area contributed by atoms with E-state index < -0.39 is 11.6 Å². The van der Waals surface area contributed by atoms with E-state index in [-0.39, 0.29) is 23.7 Å². The Balaban J connectivity index is 1.69. The molecule has 3 N–H and O–H groups in total. The molecule has 4 rings (SSSR count). The van der Waals surface area contributed by atoms with Gasteiger partial charge in [-0.2, -0.15) is 0 Å². The normalized spacial score (nSPS) is 33.9. The number of aromatic hydroxyl groups is 1. The molecular weight excluding hydrogens is 372 g/mol. The van der Waals surface area contributed by atoms with Gasteiger partial charge in [0.2, 0.25) is 0 Å². The molecular formula is C22H30N2O5. The molecule has 3 aliphatic heterocycles. The summed E-state index contributed by atoms with van der Waals surface area (Å²) in [6.07, 6.45) is 3.13. The van der Waals surface area contributed by atoms with E-state index in [0.29, 0.717) is 23.5 Å². The minimum absolute atomic E-state index is 0.0186. The van der Waals surface area contributed by atoms with Crippen molar-refractivity contribution in [3.8, 4) is 5.75 Å². The zero-order valence-electron chi connectivity index (χ0n) is 17.2. The van der Waals surface area contributed by atoms with E-state index in [0.717, 1.165) is 31.6 Å². The van der Waals surface area contributed by atoms with Crippen LogP contribution in [0.5, 0.6) is 5.75 Å². The van der Waals surface area contributed by atoms with E-state index in [2.05, 4.69) is 17.1 Å². The van der Waals surface area contributed by atoms with E-state index >= 15 is 0 Å². The topological polar surface area (TPSA) is 91.3 Å². The third kappa shape index (κ3) is 2.99. The summed E-state index contributed by atoms with van der Waals surface area (Å²) in [4.78, 5) is 14.9. The Morgan fingerprint density at radius 2 is 2.21 bits per heavy atom. The first-order chi connectivity index (χ1) is 14.0. The van der Waals surface area contributed by atoms with Gasteiger partial charge in [-0.25, -0.2) is 4.79 Å². The molecule has 0 aromatic heterocycles. The molecule has 3 aliphatic rings. The van der Waals surface area contributed by atoms with Crippen molar-refractivity contribution >= 4 is 11.7 Å². The van der Waals surface area contributed by atoms with Crippen molar-refractivity contribution < 1.29 is 24.5 Å². The lowest BCUT2D eigenvalue weighted by Gasteiger charge is -2.46. The quantitative estimate of drug-likeness (QED) is 0.405. The number of carbonyl (C=O) groups is 1. The lowest BCUT2D eigenvalue weighted by molar-refractivity contribution is -0.137. The molecule has 2 fully saturated rings. The van der Waals surface area contributed by atoms with Gasteiger partial charge in [-0.1, -0.05) is 19.4 Å². The number of hydrogen-bond acceptors (Lipinski definition) is 7. The van der Waals surface area contributed by atoms with E-state index in [1.54, 1.807) is 12.1 Å². The lowest BCUT2D eigenvalue weighted by atomic mass is 9.71. The van der Waals surface area contributed by atoms with Gasteiger partial charge in [-0.3, -0.25) is 4.90 Å². The molecule has 1 spiro atoms. The fraction of sp³-hybridized carbons (Fsp3) is 0.591. The van der Waals surface area contributed by atoms with Crippen molar-refractivity contribution in [3.63, 3.8) is 0 Å². The highest BCUT2D eigenvalue weighted by Gasteiger charge is 2.59. The third-order valence-corrected chi connectivity index (χ3v) is 7.16. The average molecular weight is 402 g/mol. The largest absolute Gasteiger partial charge is 0.507 e. The van der Waals surface area contributed by atoms with Crippen LogP contribution in [0, 0.1) is 11.8 Å². The molecule has 0 amide bonds. The highest BCUT2D eigenvalue weighted by atomic mass is 16.5. The number of aliphatic hydroxyl groups excluding tert-OH is 1. The summed E-state index contributed by atoms with van der Waals surface area (Å²) in [5.74, 6) is 0.0361. The summed E-state index contributed by atoms with van der Waals surface area (Å²) in [5.41, 5.74) is 1.33. The van der Waals surface area contributed by atoms with Crippen molar-refractivity contribution in [1.82, 2.24) is 4.90 Å². The zero-order valence-corrected chi connectivity index (χ0v) is 17.2. The number of methoxy groups -OCH3 is 2. The number of hydrogen-bond donors (Lipinski definition) is 3. The number of phenolic OH excluding ortho intramolecular Hbond substituents is 1. The van der Waals surface area contributed by atoms with Gasteiger partial charge in [0.25, 0.3) is 0 Å². The summed E-state index contributed by atoms with van der Waals surface area (Å²) in [7, 11) is 2.93. The maximum absolute atomic E-state index is 12.5. The van der Waals surface area contributed by atoms with Crippen LogP contribution in [0.15, 0.2) is 30.0 Å². The predicted molar refractivity (Wildman–Crippen MR) is 108 cm³/mol. The molecule has 158 valence electrons. The van der Waals surface area contributed by atoms with Crippen LogP contribution in [-0.2, 0) is 14.3 Å². The highest BCUT2D eigenvalue weighted by molar-refractivity contribution is 5.88. The summed E-state index contributed by atoms with van der Waals surface area (Å²) in [6.45, 7) is 3.86. The maximum atomic E-state index is 12.5. The Bertz CT molecular complexity index is 825. The van der Waals surface area contributed by atoms with E-state index in [1.165, 1.54) is 20.5 Å². The summed E-state index contributed by atoms with van der Waals surface area (Å²) >= 11 is 0. The summed E-state index contributed by atoms with van der Waals surface area (Å²) in [6, 6.07) is 5.33. The number of nitrogens with one attached hydrogen (secondary N) is 1. The Morgan fingerprint density at radius 3 is 2.86 bits per heavy atom. The molecule has 0 saturated carbocycles. The number of rotatable bonds is 4. The fourth-order valence-corrected chi connectivity index (χ4v) is 5.73. The van der Waals surface area contributed by atoms with Crippen LogP contribution >= 0.6 is 0 Å². The number of esters is 1. The molecule has 7 nitrogen and oxygen atoms in total. The SMILES string of the molecule is CC[C@@H]1CN2CC[C@]3(Nc4cccc(O)c4C3O)C2C[C@@H]1/C(=C\OC)C(=O)OC. The Hall–Kier alpha value is -2.25. The van der Waals surface area contributed by atoms with Crippen molar-refractivity contribution in [2.75, 3.05) is 32.6 Å². The number of aliphatic hydroxyl groups is 1. The minimum atomic E-state index is -0.805. The number of carbonyl (C=O) groups excluding carboxylic acids is 1. The molecule has 0 aliphatic carbocycles. The average Bonchev–Trinajstić information content (AvgIpc) is 3.23. The van der Waals surface area contributed by atoms with Gasteiger partial charge in [-0.05, 0) is 36.8 Å². The van der Waals surface area contributed by atoms with Gasteiger partial charge in [0.1, 0.15) is 11.9 Å². The van der Waals surface area contributed by atoms with Gasteiger partial charge in [0.05, 0.1) is 31.6 Å².